The third-order valence-corrected chi connectivity index (χ3v) is 7.26. The number of hydrogen-bond donors (Lipinski definition) is 0. The van der Waals surface area contributed by atoms with Crippen LogP contribution < -0.4 is 0 Å². The van der Waals surface area contributed by atoms with Crippen LogP contribution in [0.1, 0.15) is 38.3 Å². The number of fused-ring (bicyclic) bond motifs is 1. The zero-order valence-corrected chi connectivity index (χ0v) is 20.4. The Bertz CT molecular complexity index is 1300. The molecule has 0 atom stereocenters. The van der Waals surface area contributed by atoms with Crippen LogP contribution in [0.4, 0.5) is 0 Å². The zero-order chi connectivity index (χ0) is 23.7. The van der Waals surface area contributed by atoms with Gasteiger partial charge in [0, 0.05) is 61.4 Å². The van der Waals surface area contributed by atoms with Crippen LogP contribution in [0.2, 0.25) is 0 Å². The van der Waals surface area contributed by atoms with Gasteiger partial charge in [0.25, 0.3) is 5.91 Å². The number of amides is 1. The fraction of sp³-hybridized carbons (Fsp3) is 0.300. The van der Waals surface area contributed by atoms with Gasteiger partial charge in [0.2, 0.25) is 0 Å². The molecular formula is C30H33N3O. The van der Waals surface area contributed by atoms with Crippen LogP contribution in [0, 0.1) is 20.8 Å². The molecule has 0 N–H and O–H groups in total. The second-order valence-corrected chi connectivity index (χ2v) is 9.57. The molecule has 1 aliphatic heterocycles. The van der Waals surface area contributed by atoms with Gasteiger partial charge in [-0.3, -0.25) is 9.69 Å². The molecule has 5 rings (SSSR count). The van der Waals surface area contributed by atoms with Gasteiger partial charge in [-0.15, -0.1) is 0 Å². The van der Waals surface area contributed by atoms with E-state index in [1.54, 1.807) is 0 Å². The van der Waals surface area contributed by atoms with Crippen molar-refractivity contribution in [2.45, 2.75) is 33.9 Å². The Labute approximate surface area is 202 Å². The minimum absolute atomic E-state index is 0.143. The molecule has 1 saturated heterocycles. The SMILES string of the molecule is Cc1ccc(CN2CCN(C(=O)c3ccc4c(c3)c(C)c(C)n4Cc3ccccc3)CC2)cc1. The zero-order valence-electron chi connectivity index (χ0n) is 20.4. The maximum absolute atomic E-state index is 13.3. The molecule has 0 bridgehead atoms. The van der Waals surface area contributed by atoms with Crippen molar-refractivity contribution in [1.82, 2.24) is 14.4 Å². The summed E-state index contributed by atoms with van der Waals surface area (Å²) in [6.45, 7) is 11.6. The quantitative estimate of drug-likeness (QED) is 0.397. The van der Waals surface area contributed by atoms with Gasteiger partial charge in [0.1, 0.15) is 0 Å². The summed E-state index contributed by atoms with van der Waals surface area (Å²) < 4.78 is 2.36. The molecule has 174 valence electrons. The van der Waals surface area contributed by atoms with Crippen LogP contribution in [0.15, 0.2) is 72.8 Å². The minimum atomic E-state index is 0.143. The predicted molar refractivity (Wildman–Crippen MR) is 139 cm³/mol. The number of carbonyl (C=O) groups is 1. The van der Waals surface area contributed by atoms with E-state index in [9.17, 15) is 4.79 Å². The van der Waals surface area contributed by atoms with Crippen molar-refractivity contribution in [3.63, 3.8) is 0 Å². The number of hydrogen-bond acceptors (Lipinski definition) is 2. The highest BCUT2D eigenvalue weighted by molar-refractivity contribution is 5.99. The second-order valence-electron chi connectivity index (χ2n) is 9.57. The van der Waals surface area contributed by atoms with Crippen molar-refractivity contribution < 1.29 is 4.79 Å². The lowest BCUT2D eigenvalue weighted by Gasteiger charge is -2.34. The second kappa shape index (κ2) is 9.47. The number of piperazine rings is 1. The lowest BCUT2D eigenvalue weighted by Crippen LogP contribution is -2.48. The number of benzene rings is 3. The Morgan fingerprint density at radius 1 is 0.765 bits per heavy atom. The first-order valence-electron chi connectivity index (χ1n) is 12.2. The lowest BCUT2D eigenvalue weighted by molar-refractivity contribution is 0.0628. The molecule has 0 spiro atoms. The Hall–Kier alpha value is -3.37. The normalized spacial score (nSPS) is 14.6. The average Bonchev–Trinajstić information content (AvgIpc) is 3.10. The van der Waals surface area contributed by atoms with E-state index < -0.39 is 0 Å². The van der Waals surface area contributed by atoms with E-state index in [0.29, 0.717) is 0 Å². The van der Waals surface area contributed by atoms with Gasteiger partial charge in [-0.05, 0) is 55.7 Å². The van der Waals surface area contributed by atoms with Gasteiger partial charge in [-0.25, -0.2) is 0 Å². The van der Waals surface area contributed by atoms with Crippen LogP contribution >= 0.6 is 0 Å². The van der Waals surface area contributed by atoms with E-state index in [0.717, 1.165) is 44.8 Å². The Morgan fingerprint density at radius 2 is 1.44 bits per heavy atom. The first-order valence-corrected chi connectivity index (χ1v) is 12.2. The molecule has 4 heteroatoms. The molecular weight excluding hydrogens is 418 g/mol. The molecule has 3 aromatic carbocycles. The summed E-state index contributed by atoms with van der Waals surface area (Å²) in [5.41, 5.74) is 8.40. The van der Waals surface area contributed by atoms with Crippen molar-refractivity contribution in [2.24, 2.45) is 0 Å². The van der Waals surface area contributed by atoms with Crippen LogP contribution in [0.25, 0.3) is 10.9 Å². The summed E-state index contributed by atoms with van der Waals surface area (Å²) in [5.74, 6) is 0.143. The van der Waals surface area contributed by atoms with Crippen LogP contribution in [0.5, 0.6) is 0 Å². The lowest BCUT2D eigenvalue weighted by atomic mass is 10.1. The topological polar surface area (TPSA) is 28.5 Å². The molecule has 1 aromatic heterocycles. The fourth-order valence-corrected chi connectivity index (χ4v) is 5.00. The van der Waals surface area contributed by atoms with Crippen LogP contribution in [-0.2, 0) is 13.1 Å². The molecule has 1 amide bonds. The molecule has 1 fully saturated rings. The molecule has 1 aliphatic rings. The summed E-state index contributed by atoms with van der Waals surface area (Å²) in [7, 11) is 0. The average molecular weight is 452 g/mol. The van der Waals surface area contributed by atoms with Gasteiger partial charge in [0.15, 0.2) is 0 Å². The Kier molecular flexibility index (Phi) is 6.25. The van der Waals surface area contributed by atoms with Gasteiger partial charge < -0.3 is 9.47 Å². The Balaban J connectivity index is 1.29. The van der Waals surface area contributed by atoms with E-state index in [4.69, 9.17) is 0 Å². The van der Waals surface area contributed by atoms with Crippen molar-refractivity contribution in [2.75, 3.05) is 26.2 Å². The number of nitrogens with zero attached hydrogens (tertiary/aromatic N) is 3. The standard InChI is InChI=1S/C30H33N3O/c1-22-9-11-26(12-10-22)20-31-15-17-32(18-16-31)30(34)27-13-14-29-28(19-27)23(2)24(3)33(29)21-25-7-5-4-6-8-25/h4-14,19H,15-18,20-21H2,1-3H3. The number of aromatic nitrogens is 1. The first-order chi connectivity index (χ1) is 16.5. The highest BCUT2D eigenvalue weighted by atomic mass is 16.2. The predicted octanol–water partition coefficient (Wildman–Crippen LogP) is 5.57. The molecule has 0 radical (unpaired) electrons. The first kappa shape index (κ1) is 22.4. The van der Waals surface area contributed by atoms with Gasteiger partial charge in [-0.2, -0.15) is 0 Å². The van der Waals surface area contributed by atoms with Gasteiger partial charge >= 0.3 is 0 Å². The third kappa shape index (κ3) is 4.51. The van der Waals surface area contributed by atoms with Gasteiger partial charge in [-0.1, -0.05) is 60.2 Å². The van der Waals surface area contributed by atoms with Gasteiger partial charge in [0.05, 0.1) is 0 Å². The highest BCUT2D eigenvalue weighted by Gasteiger charge is 2.23. The van der Waals surface area contributed by atoms with E-state index in [-0.39, 0.29) is 5.91 Å². The molecule has 2 heterocycles. The maximum Gasteiger partial charge on any atom is 0.253 e. The summed E-state index contributed by atoms with van der Waals surface area (Å²) in [6, 6.07) is 25.5. The molecule has 4 aromatic rings. The monoisotopic (exact) mass is 451 g/mol. The summed E-state index contributed by atoms with van der Waals surface area (Å²) >= 11 is 0. The summed E-state index contributed by atoms with van der Waals surface area (Å²) in [4.78, 5) is 17.8. The number of carbonyl (C=O) groups excluding carboxylic acids is 1. The van der Waals surface area contributed by atoms with E-state index in [1.807, 2.05) is 11.0 Å². The Morgan fingerprint density at radius 3 is 2.15 bits per heavy atom. The van der Waals surface area contributed by atoms with E-state index >= 15 is 0 Å². The molecule has 34 heavy (non-hydrogen) atoms. The van der Waals surface area contributed by atoms with Crippen molar-refractivity contribution in [1.29, 1.82) is 0 Å². The third-order valence-electron chi connectivity index (χ3n) is 7.26. The number of rotatable bonds is 5. The van der Waals surface area contributed by atoms with Crippen molar-refractivity contribution in [3.8, 4) is 0 Å². The largest absolute Gasteiger partial charge is 0.340 e. The maximum atomic E-state index is 13.3. The molecule has 0 aliphatic carbocycles. The smallest absolute Gasteiger partial charge is 0.253 e. The summed E-state index contributed by atoms with van der Waals surface area (Å²) in [5, 5.41) is 1.18. The minimum Gasteiger partial charge on any atom is -0.340 e. The fourth-order valence-electron chi connectivity index (χ4n) is 5.00. The van der Waals surface area contributed by atoms with E-state index in [2.05, 4.69) is 97.0 Å². The van der Waals surface area contributed by atoms with E-state index in [1.165, 1.54) is 38.9 Å². The molecule has 0 unspecified atom stereocenters. The highest BCUT2D eigenvalue weighted by Crippen LogP contribution is 2.28. The van der Waals surface area contributed by atoms with Crippen molar-refractivity contribution >= 4 is 16.8 Å². The van der Waals surface area contributed by atoms with Crippen molar-refractivity contribution in [3.05, 3.63) is 106 Å². The molecule has 0 saturated carbocycles. The number of aryl methyl sites for hydroxylation is 2. The molecule has 4 nitrogen and oxygen atoms in total. The van der Waals surface area contributed by atoms with Crippen LogP contribution in [0.3, 0.4) is 0 Å². The van der Waals surface area contributed by atoms with Crippen LogP contribution in [-0.4, -0.2) is 46.5 Å². The summed E-state index contributed by atoms with van der Waals surface area (Å²) in [6.07, 6.45) is 0.